The molecule has 1 aromatic carbocycles. The monoisotopic (exact) mass is 271 g/mol. The minimum Gasteiger partial charge on any atom is -0.480 e. The first-order valence-corrected chi connectivity index (χ1v) is 7.40. The molecule has 1 aromatic rings. The minimum atomic E-state index is -3.20. The van der Waals surface area contributed by atoms with Crippen molar-refractivity contribution in [1.29, 1.82) is 0 Å². The summed E-state index contributed by atoms with van der Waals surface area (Å²) in [6, 6.07) is 5.59. The molecule has 2 atom stereocenters. The van der Waals surface area contributed by atoms with Gasteiger partial charge in [0.15, 0.2) is 9.84 Å². The predicted molar refractivity (Wildman–Crippen MR) is 68.2 cm³/mol. The minimum absolute atomic E-state index is 0.162. The third-order valence-corrected chi connectivity index (χ3v) is 3.81. The summed E-state index contributed by atoms with van der Waals surface area (Å²) in [5.74, 6) is -0.922. The second kappa shape index (κ2) is 5.49. The number of sulfone groups is 1. The molecule has 100 valence electrons. The molecule has 0 aromatic heterocycles. The van der Waals surface area contributed by atoms with Gasteiger partial charge in [-0.1, -0.05) is 12.1 Å². The maximum absolute atomic E-state index is 11.3. The van der Waals surface area contributed by atoms with Crippen LogP contribution in [0.25, 0.3) is 0 Å². The molecule has 0 fully saturated rings. The van der Waals surface area contributed by atoms with Crippen molar-refractivity contribution < 1.29 is 18.3 Å². The Hall–Kier alpha value is -1.40. The molecule has 0 aliphatic carbocycles. The molecule has 1 rings (SSSR count). The van der Waals surface area contributed by atoms with Gasteiger partial charge in [0.1, 0.15) is 6.04 Å². The van der Waals surface area contributed by atoms with Gasteiger partial charge in [-0.3, -0.25) is 10.1 Å². The second-order valence-electron chi connectivity index (χ2n) is 4.29. The Morgan fingerprint density at radius 1 is 1.22 bits per heavy atom. The fourth-order valence-electron chi connectivity index (χ4n) is 1.55. The van der Waals surface area contributed by atoms with Crippen LogP contribution in [-0.4, -0.2) is 31.8 Å². The molecule has 0 aliphatic rings. The van der Waals surface area contributed by atoms with Gasteiger partial charge in [0.05, 0.1) is 4.90 Å². The average molecular weight is 271 g/mol. The Labute approximate surface area is 107 Å². The maximum atomic E-state index is 11.3. The largest absolute Gasteiger partial charge is 0.480 e. The van der Waals surface area contributed by atoms with Crippen molar-refractivity contribution in [3.05, 3.63) is 29.8 Å². The molecule has 0 saturated heterocycles. The number of carboxylic acids is 1. The van der Waals surface area contributed by atoms with Crippen LogP contribution >= 0.6 is 0 Å². The third-order valence-electron chi connectivity index (χ3n) is 2.68. The zero-order valence-electron chi connectivity index (χ0n) is 10.5. The number of nitrogens with one attached hydrogen (secondary N) is 1. The van der Waals surface area contributed by atoms with Crippen molar-refractivity contribution >= 4 is 15.8 Å². The summed E-state index contributed by atoms with van der Waals surface area (Å²) < 4.78 is 22.6. The van der Waals surface area contributed by atoms with E-state index in [0.717, 1.165) is 11.8 Å². The lowest BCUT2D eigenvalue weighted by Gasteiger charge is -2.17. The molecule has 6 heteroatoms. The van der Waals surface area contributed by atoms with Gasteiger partial charge in [0, 0.05) is 12.3 Å². The van der Waals surface area contributed by atoms with Gasteiger partial charge in [-0.05, 0) is 31.5 Å². The highest BCUT2D eigenvalue weighted by atomic mass is 32.2. The van der Waals surface area contributed by atoms with Crippen molar-refractivity contribution in [2.45, 2.75) is 30.8 Å². The van der Waals surface area contributed by atoms with Crippen molar-refractivity contribution in [1.82, 2.24) is 5.32 Å². The lowest BCUT2D eigenvalue weighted by Crippen LogP contribution is -2.35. The molecular formula is C12H17NO4S. The van der Waals surface area contributed by atoms with E-state index in [2.05, 4.69) is 5.32 Å². The van der Waals surface area contributed by atoms with Crippen LogP contribution in [0.2, 0.25) is 0 Å². The van der Waals surface area contributed by atoms with Crippen LogP contribution in [0.3, 0.4) is 0 Å². The normalized spacial score (nSPS) is 15.1. The van der Waals surface area contributed by atoms with Crippen molar-refractivity contribution in [2.75, 3.05) is 6.26 Å². The number of hydrogen-bond acceptors (Lipinski definition) is 4. The highest BCUT2D eigenvalue weighted by Gasteiger charge is 2.15. The molecule has 2 N–H and O–H groups in total. The van der Waals surface area contributed by atoms with Crippen LogP contribution in [-0.2, 0) is 14.6 Å². The Morgan fingerprint density at radius 3 is 2.11 bits per heavy atom. The summed E-state index contributed by atoms with van der Waals surface area (Å²) in [5, 5.41) is 11.7. The molecular weight excluding hydrogens is 254 g/mol. The Morgan fingerprint density at radius 2 is 1.72 bits per heavy atom. The summed E-state index contributed by atoms with van der Waals surface area (Å²) in [4.78, 5) is 11.0. The molecule has 0 heterocycles. The first-order valence-electron chi connectivity index (χ1n) is 5.50. The molecule has 0 aliphatic heterocycles. The van der Waals surface area contributed by atoms with Crippen LogP contribution in [0.5, 0.6) is 0 Å². The highest BCUT2D eigenvalue weighted by Crippen LogP contribution is 2.16. The lowest BCUT2D eigenvalue weighted by atomic mass is 10.1. The van der Waals surface area contributed by atoms with Crippen molar-refractivity contribution in [3.63, 3.8) is 0 Å². The Bertz CT molecular complexity index is 522. The first-order chi connectivity index (χ1) is 8.21. The van der Waals surface area contributed by atoms with Gasteiger partial charge in [0.25, 0.3) is 0 Å². The van der Waals surface area contributed by atoms with E-state index in [1.807, 2.05) is 6.92 Å². The Balaban J connectivity index is 2.83. The van der Waals surface area contributed by atoms with E-state index >= 15 is 0 Å². The van der Waals surface area contributed by atoms with E-state index in [1.165, 1.54) is 12.1 Å². The van der Waals surface area contributed by atoms with E-state index in [0.29, 0.717) is 0 Å². The average Bonchev–Trinajstić information content (AvgIpc) is 2.27. The number of hydrogen-bond donors (Lipinski definition) is 2. The van der Waals surface area contributed by atoms with E-state index < -0.39 is 21.8 Å². The van der Waals surface area contributed by atoms with Crippen LogP contribution in [0.4, 0.5) is 0 Å². The van der Waals surface area contributed by atoms with Crippen LogP contribution in [0.15, 0.2) is 29.2 Å². The van der Waals surface area contributed by atoms with Gasteiger partial charge in [0.2, 0.25) is 0 Å². The third kappa shape index (κ3) is 3.82. The summed E-state index contributed by atoms with van der Waals surface area (Å²) in [6.45, 7) is 3.39. The molecule has 0 saturated carbocycles. The van der Waals surface area contributed by atoms with Crippen molar-refractivity contribution in [3.8, 4) is 0 Å². The molecule has 5 nitrogen and oxygen atoms in total. The van der Waals surface area contributed by atoms with E-state index in [1.54, 1.807) is 19.1 Å². The number of carbonyl (C=O) groups is 1. The number of carboxylic acid groups (broad SMARTS) is 1. The molecule has 0 radical (unpaired) electrons. The lowest BCUT2D eigenvalue weighted by molar-refractivity contribution is -0.139. The Kier molecular flexibility index (Phi) is 4.48. The first kappa shape index (κ1) is 14.7. The van der Waals surface area contributed by atoms with Gasteiger partial charge in [-0.15, -0.1) is 0 Å². The zero-order valence-corrected chi connectivity index (χ0v) is 11.4. The van der Waals surface area contributed by atoms with Gasteiger partial charge >= 0.3 is 5.97 Å². The van der Waals surface area contributed by atoms with Crippen LogP contribution < -0.4 is 5.32 Å². The SMILES string of the molecule is CC(NC(C)c1ccc(S(C)(=O)=O)cc1)C(=O)O. The van der Waals surface area contributed by atoms with Crippen molar-refractivity contribution in [2.24, 2.45) is 0 Å². The topological polar surface area (TPSA) is 83.5 Å². The zero-order chi connectivity index (χ0) is 13.9. The summed E-state index contributed by atoms with van der Waals surface area (Å²) in [5.41, 5.74) is 0.843. The molecule has 18 heavy (non-hydrogen) atoms. The number of aliphatic carboxylic acids is 1. The van der Waals surface area contributed by atoms with E-state index in [4.69, 9.17) is 5.11 Å². The quantitative estimate of drug-likeness (QED) is 0.841. The van der Waals surface area contributed by atoms with E-state index in [9.17, 15) is 13.2 Å². The molecule has 2 unspecified atom stereocenters. The van der Waals surface area contributed by atoms with Crippen LogP contribution in [0, 0.1) is 0 Å². The van der Waals surface area contributed by atoms with E-state index in [-0.39, 0.29) is 10.9 Å². The number of benzene rings is 1. The van der Waals surface area contributed by atoms with Gasteiger partial charge in [-0.25, -0.2) is 8.42 Å². The van der Waals surface area contributed by atoms with Gasteiger partial charge in [-0.2, -0.15) is 0 Å². The molecule has 0 bridgehead atoms. The number of rotatable bonds is 5. The summed E-state index contributed by atoms with van der Waals surface area (Å²) >= 11 is 0. The highest BCUT2D eigenvalue weighted by molar-refractivity contribution is 7.90. The van der Waals surface area contributed by atoms with Gasteiger partial charge < -0.3 is 5.11 Å². The predicted octanol–water partition coefficient (Wildman–Crippen LogP) is 1.21. The standard InChI is InChI=1S/C12H17NO4S/c1-8(13-9(2)12(14)15)10-4-6-11(7-5-10)18(3,16)17/h4-9,13H,1-3H3,(H,14,15). The van der Waals surface area contributed by atoms with Crippen LogP contribution in [0.1, 0.15) is 25.5 Å². The fraction of sp³-hybridized carbons (Fsp3) is 0.417. The maximum Gasteiger partial charge on any atom is 0.320 e. The smallest absolute Gasteiger partial charge is 0.320 e. The summed E-state index contributed by atoms with van der Waals surface area (Å²) in [7, 11) is -3.20. The molecule has 0 amide bonds. The molecule has 0 spiro atoms. The second-order valence-corrected chi connectivity index (χ2v) is 6.31. The summed E-state index contributed by atoms with van der Waals surface area (Å²) in [6.07, 6.45) is 1.15. The fourth-order valence-corrected chi connectivity index (χ4v) is 2.18.